The predicted octanol–water partition coefficient (Wildman–Crippen LogP) is -3.54. The smallest absolute Gasteiger partial charge is 0.326 e. The highest BCUT2D eigenvalue weighted by Gasteiger charge is 2.29. The number of thioether (sulfide) groups is 1. The van der Waals surface area contributed by atoms with Crippen LogP contribution in [0.15, 0.2) is 4.99 Å². The Bertz CT molecular complexity index is 750. The highest BCUT2D eigenvalue weighted by atomic mass is 32.2. The van der Waals surface area contributed by atoms with Gasteiger partial charge < -0.3 is 44.0 Å². The van der Waals surface area contributed by atoms with E-state index in [2.05, 4.69) is 33.6 Å². The van der Waals surface area contributed by atoms with E-state index in [0.29, 0.717) is 12.2 Å². The Hall–Kier alpha value is -2.72. The summed E-state index contributed by atoms with van der Waals surface area (Å²) in [5.41, 5.74) is 21.0. The Labute approximate surface area is 207 Å². The number of hydrogen-bond donors (Lipinski definition) is 9. The summed E-state index contributed by atoms with van der Waals surface area (Å²) >= 11 is 5.46. The van der Waals surface area contributed by atoms with Crippen LogP contribution in [0.4, 0.5) is 0 Å². The SMILES string of the molecule is CSCCC(NC(=O)C(CS)NC(=O)C(N)CC(N)=O)C(=O)NC(CCCN=C(N)N)C(=O)O. The molecule has 0 bridgehead atoms. The lowest BCUT2D eigenvalue weighted by Crippen LogP contribution is -2.58. The molecule has 34 heavy (non-hydrogen) atoms. The zero-order valence-electron chi connectivity index (χ0n) is 18.9. The molecule has 0 saturated heterocycles. The molecule has 194 valence electrons. The summed E-state index contributed by atoms with van der Waals surface area (Å²) in [5, 5.41) is 16.7. The molecule has 0 aromatic rings. The van der Waals surface area contributed by atoms with Crippen LogP contribution in [0.2, 0.25) is 0 Å². The van der Waals surface area contributed by atoms with Gasteiger partial charge in [0, 0.05) is 12.3 Å². The van der Waals surface area contributed by atoms with Crippen molar-refractivity contribution in [1.82, 2.24) is 16.0 Å². The average molecular weight is 523 g/mol. The number of carboxylic acids is 1. The largest absolute Gasteiger partial charge is 0.480 e. The van der Waals surface area contributed by atoms with Crippen LogP contribution in [0.3, 0.4) is 0 Å². The molecule has 0 saturated carbocycles. The number of primary amides is 1. The Morgan fingerprint density at radius 2 is 1.50 bits per heavy atom. The van der Waals surface area contributed by atoms with E-state index < -0.39 is 60.2 Å². The zero-order valence-corrected chi connectivity index (χ0v) is 20.6. The van der Waals surface area contributed by atoms with Gasteiger partial charge in [0.05, 0.1) is 12.5 Å². The number of nitrogens with two attached hydrogens (primary N) is 4. The molecule has 4 atom stereocenters. The lowest BCUT2D eigenvalue weighted by molar-refractivity contribution is -0.142. The minimum absolute atomic E-state index is 0.0636. The van der Waals surface area contributed by atoms with Gasteiger partial charge in [-0.2, -0.15) is 24.4 Å². The molecule has 4 unspecified atom stereocenters. The van der Waals surface area contributed by atoms with Gasteiger partial charge in [-0.1, -0.05) is 0 Å². The summed E-state index contributed by atoms with van der Waals surface area (Å²) in [6.07, 6.45) is 1.96. The van der Waals surface area contributed by atoms with E-state index in [1.165, 1.54) is 11.8 Å². The first-order valence-electron chi connectivity index (χ1n) is 10.3. The standard InChI is InChI=1S/C18H34N8O6S2/c1-34-6-4-10(15(29)25-11(17(31)32)3-2-5-23-18(21)22)24-16(30)12(8-33)26-14(28)9(19)7-13(20)27/h9-12,33H,2-8,19H2,1H3,(H2,20,27)(H,24,30)(H,25,29)(H,26,28)(H,31,32)(H4,21,22,23). The number of hydrogen-bond acceptors (Lipinski definition) is 9. The fourth-order valence-electron chi connectivity index (χ4n) is 2.59. The summed E-state index contributed by atoms with van der Waals surface area (Å²) < 4.78 is 0. The number of nitrogens with zero attached hydrogens (tertiary/aromatic N) is 1. The molecule has 0 rings (SSSR count). The summed E-state index contributed by atoms with van der Waals surface area (Å²) in [5.74, 6) is -4.02. The van der Waals surface area contributed by atoms with Crippen LogP contribution in [0.5, 0.6) is 0 Å². The normalized spacial score (nSPS) is 14.1. The maximum atomic E-state index is 12.8. The van der Waals surface area contributed by atoms with E-state index >= 15 is 0 Å². The van der Waals surface area contributed by atoms with Crippen LogP contribution < -0.4 is 38.9 Å². The number of amides is 4. The van der Waals surface area contributed by atoms with Crippen molar-refractivity contribution in [2.24, 2.45) is 27.9 Å². The predicted molar refractivity (Wildman–Crippen MR) is 132 cm³/mol. The van der Waals surface area contributed by atoms with E-state index in [9.17, 15) is 29.1 Å². The third kappa shape index (κ3) is 13.1. The lowest BCUT2D eigenvalue weighted by atomic mass is 10.1. The van der Waals surface area contributed by atoms with Crippen LogP contribution in [0, 0.1) is 0 Å². The molecule has 0 aliphatic heterocycles. The van der Waals surface area contributed by atoms with E-state index in [0.717, 1.165) is 0 Å². The van der Waals surface area contributed by atoms with Crippen molar-refractivity contribution < 1.29 is 29.1 Å². The molecular formula is C18H34N8O6S2. The van der Waals surface area contributed by atoms with Crippen LogP contribution >= 0.6 is 24.4 Å². The van der Waals surface area contributed by atoms with E-state index in [-0.39, 0.29) is 31.1 Å². The summed E-state index contributed by atoms with van der Waals surface area (Å²) in [6.45, 7) is 0.190. The van der Waals surface area contributed by atoms with Crippen molar-refractivity contribution in [3.8, 4) is 0 Å². The molecule has 0 heterocycles. The number of nitrogens with one attached hydrogen (secondary N) is 3. The quantitative estimate of drug-likeness (QED) is 0.0393. The van der Waals surface area contributed by atoms with Crippen molar-refractivity contribution >= 4 is 59.9 Å². The van der Waals surface area contributed by atoms with Crippen LogP contribution in [0.1, 0.15) is 25.7 Å². The topological polar surface area (TPSA) is 258 Å². The van der Waals surface area contributed by atoms with E-state index in [4.69, 9.17) is 22.9 Å². The van der Waals surface area contributed by atoms with Crippen molar-refractivity contribution in [1.29, 1.82) is 0 Å². The number of rotatable bonds is 17. The molecule has 0 radical (unpaired) electrons. The highest BCUT2D eigenvalue weighted by Crippen LogP contribution is 2.05. The number of thiol groups is 1. The lowest BCUT2D eigenvalue weighted by Gasteiger charge is -2.24. The summed E-state index contributed by atoms with van der Waals surface area (Å²) in [4.78, 5) is 63.8. The van der Waals surface area contributed by atoms with Gasteiger partial charge in [-0.25, -0.2) is 4.79 Å². The Balaban J connectivity index is 5.21. The number of carboxylic acid groups (broad SMARTS) is 1. The number of carbonyl (C=O) groups excluding carboxylic acids is 4. The van der Waals surface area contributed by atoms with Gasteiger partial charge in [0.15, 0.2) is 5.96 Å². The molecule has 0 fully saturated rings. The Kier molecular flexibility index (Phi) is 15.5. The first kappa shape index (κ1) is 31.3. The zero-order chi connectivity index (χ0) is 26.3. The van der Waals surface area contributed by atoms with Gasteiger partial charge in [0.25, 0.3) is 0 Å². The van der Waals surface area contributed by atoms with Crippen molar-refractivity contribution in [2.45, 2.75) is 49.9 Å². The molecule has 0 spiro atoms. The van der Waals surface area contributed by atoms with Gasteiger partial charge in [0.1, 0.15) is 18.1 Å². The maximum absolute atomic E-state index is 12.8. The molecule has 14 nitrogen and oxygen atoms in total. The van der Waals surface area contributed by atoms with Gasteiger partial charge in [-0.05, 0) is 31.3 Å². The number of aliphatic carboxylic acids is 1. The van der Waals surface area contributed by atoms with Crippen LogP contribution in [0.25, 0.3) is 0 Å². The maximum Gasteiger partial charge on any atom is 0.326 e. The first-order valence-corrected chi connectivity index (χ1v) is 12.3. The number of aliphatic imine (C=N–C) groups is 1. The Morgan fingerprint density at radius 1 is 0.941 bits per heavy atom. The molecule has 0 aromatic carbocycles. The van der Waals surface area contributed by atoms with Gasteiger partial charge >= 0.3 is 5.97 Å². The monoisotopic (exact) mass is 522 g/mol. The summed E-state index contributed by atoms with van der Waals surface area (Å²) in [7, 11) is 0. The molecule has 0 aromatic heterocycles. The second kappa shape index (κ2) is 16.8. The fourth-order valence-corrected chi connectivity index (χ4v) is 3.32. The second-order valence-electron chi connectivity index (χ2n) is 7.21. The van der Waals surface area contributed by atoms with Crippen LogP contribution in [-0.2, 0) is 24.0 Å². The number of carbonyl (C=O) groups is 5. The minimum atomic E-state index is -1.25. The van der Waals surface area contributed by atoms with Crippen molar-refractivity contribution in [3.63, 3.8) is 0 Å². The molecule has 4 amide bonds. The molecular weight excluding hydrogens is 488 g/mol. The summed E-state index contributed by atoms with van der Waals surface area (Å²) in [6, 6.07) is -4.70. The van der Waals surface area contributed by atoms with Gasteiger partial charge in [0.2, 0.25) is 23.6 Å². The first-order chi connectivity index (χ1) is 15.9. The fraction of sp³-hybridized carbons (Fsp3) is 0.667. The van der Waals surface area contributed by atoms with Gasteiger partial charge in [-0.15, -0.1) is 0 Å². The third-order valence-electron chi connectivity index (χ3n) is 4.38. The van der Waals surface area contributed by atoms with Crippen molar-refractivity contribution in [2.75, 3.05) is 24.3 Å². The third-order valence-corrected chi connectivity index (χ3v) is 5.39. The Morgan fingerprint density at radius 3 is 2.00 bits per heavy atom. The molecule has 0 aliphatic rings. The molecule has 12 N–H and O–H groups in total. The second-order valence-corrected chi connectivity index (χ2v) is 8.56. The van der Waals surface area contributed by atoms with E-state index in [1.54, 1.807) is 6.26 Å². The van der Waals surface area contributed by atoms with Gasteiger partial charge in [-0.3, -0.25) is 24.2 Å². The van der Waals surface area contributed by atoms with E-state index in [1.807, 2.05) is 0 Å². The van der Waals surface area contributed by atoms with Crippen molar-refractivity contribution in [3.05, 3.63) is 0 Å². The molecule has 16 heteroatoms. The number of guanidine groups is 1. The average Bonchev–Trinajstić information content (AvgIpc) is 2.75. The molecule has 0 aliphatic carbocycles. The minimum Gasteiger partial charge on any atom is -0.480 e. The van der Waals surface area contributed by atoms with Crippen LogP contribution in [-0.4, -0.2) is 89.1 Å². The highest BCUT2D eigenvalue weighted by molar-refractivity contribution is 7.98.